The summed E-state index contributed by atoms with van der Waals surface area (Å²) in [5.41, 5.74) is 0. The van der Waals surface area contributed by atoms with Crippen molar-refractivity contribution in [2.45, 2.75) is 77.7 Å². The molecule has 2 aliphatic heterocycles. The molecular formula is C18H36NO3PS. The third-order valence-corrected chi connectivity index (χ3v) is 9.09. The molecule has 0 aromatic rings. The number of hydrogen-bond acceptors (Lipinski definition) is 5. The quantitative estimate of drug-likeness (QED) is 0.340. The molecular weight excluding hydrogens is 341 g/mol. The van der Waals surface area contributed by atoms with Crippen LogP contribution in [-0.2, 0) is 13.6 Å². The Kier molecular flexibility index (Phi) is 9.72. The third-order valence-electron chi connectivity index (χ3n) is 5.17. The van der Waals surface area contributed by atoms with E-state index in [4.69, 9.17) is 9.05 Å². The molecule has 4 nitrogen and oxygen atoms in total. The molecule has 2 fully saturated rings. The van der Waals surface area contributed by atoms with E-state index in [1.807, 2.05) is 0 Å². The summed E-state index contributed by atoms with van der Waals surface area (Å²) in [5.74, 6) is 1.55. The zero-order valence-corrected chi connectivity index (χ0v) is 17.3. The minimum Gasteiger partial charge on any atom is -0.301 e. The Balaban J connectivity index is 1.86. The molecule has 0 N–H and O–H groups in total. The highest BCUT2D eigenvalue weighted by atomic mass is 32.7. The minimum absolute atomic E-state index is 0.549. The second kappa shape index (κ2) is 11.2. The molecule has 2 aliphatic rings. The molecule has 0 bridgehead atoms. The van der Waals surface area contributed by atoms with Gasteiger partial charge >= 0.3 is 6.80 Å². The molecule has 0 saturated carbocycles. The first-order valence-electron chi connectivity index (χ1n) is 9.96. The Morgan fingerprint density at radius 3 is 2.33 bits per heavy atom. The van der Waals surface area contributed by atoms with E-state index in [0.717, 1.165) is 31.4 Å². The lowest BCUT2D eigenvalue weighted by Crippen LogP contribution is -2.48. The number of rotatable bonds is 11. The topological polar surface area (TPSA) is 38.8 Å². The second-order valence-corrected chi connectivity index (χ2v) is 11.2. The summed E-state index contributed by atoms with van der Waals surface area (Å²) in [6.45, 7) is 4.86. The second-order valence-electron chi connectivity index (χ2n) is 7.12. The van der Waals surface area contributed by atoms with Gasteiger partial charge < -0.3 is 13.9 Å². The summed E-state index contributed by atoms with van der Waals surface area (Å²) in [6.07, 6.45) is 10.5. The van der Waals surface area contributed by atoms with Gasteiger partial charge in [0.1, 0.15) is 0 Å². The maximum Gasteiger partial charge on any atom is 0.389 e. The SMILES string of the molecule is CCCCOP(=O)(OCCCC)SC[C@@H]1CCCN2CCCCC12. The highest BCUT2D eigenvalue weighted by Gasteiger charge is 2.35. The van der Waals surface area contributed by atoms with Crippen LogP contribution in [0.1, 0.15) is 71.6 Å². The van der Waals surface area contributed by atoms with E-state index in [-0.39, 0.29) is 0 Å². The van der Waals surface area contributed by atoms with E-state index < -0.39 is 6.80 Å². The zero-order chi connectivity index (χ0) is 17.3. The predicted molar refractivity (Wildman–Crippen MR) is 104 cm³/mol. The molecule has 24 heavy (non-hydrogen) atoms. The van der Waals surface area contributed by atoms with Crippen molar-refractivity contribution in [2.75, 3.05) is 32.1 Å². The number of unbranched alkanes of at least 4 members (excludes halogenated alkanes) is 2. The van der Waals surface area contributed by atoms with Gasteiger partial charge in [0.05, 0.1) is 13.2 Å². The van der Waals surface area contributed by atoms with Crippen LogP contribution in [0.15, 0.2) is 0 Å². The number of fused-ring (bicyclic) bond motifs is 1. The lowest BCUT2D eigenvalue weighted by atomic mass is 9.85. The standard InChI is InChI=1S/C18H36NO3PS/c1-3-5-14-21-23(20,22-15-6-4-2)24-16-17-10-9-13-19-12-8-7-11-18(17)19/h17-18H,3-16H2,1-2H3/t17-,18?/m0/s1. The van der Waals surface area contributed by atoms with Crippen molar-refractivity contribution < 1.29 is 13.6 Å². The molecule has 2 saturated heterocycles. The van der Waals surface area contributed by atoms with Gasteiger partial charge in [-0.3, -0.25) is 0 Å². The summed E-state index contributed by atoms with van der Waals surface area (Å²) >= 11 is 1.47. The molecule has 0 amide bonds. The highest BCUT2D eigenvalue weighted by Crippen LogP contribution is 2.61. The fourth-order valence-corrected chi connectivity index (χ4v) is 7.42. The van der Waals surface area contributed by atoms with Crippen LogP contribution in [0.5, 0.6) is 0 Å². The van der Waals surface area contributed by atoms with Crippen LogP contribution in [0.2, 0.25) is 0 Å². The Morgan fingerprint density at radius 2 is 1.67 bits per heavy atom. The molecule has 2 heterocycles. The summed E-state index contributed by atoms with van der Waals surface area (Å²) in [6, 6.07) is 0.694. The first-order valence-corrected chi connectivity index (χ1v) is 13.1. The number of nitrogens with zero attached hydrogens (tertiary/aromatic N) is 1. The van der Waals surface area contributed by atoms with Crippen molar-refractivity contribution in [1.29, 1.82) is 0 Å². The van der Waals surface area contributed by atoms with Gasteiger partial charge in [0.15, 0.2) is 0 Å². The van der Waals surface area contributed by atoms with Crippen LogP contribution in [0.3, 0.4) is 0 Å². The Bertz CT molecular complexity index is 380. The predicted octanol–water partition coefficient (Wildman–Crippen LogP) is 5.73. The van der Waals surface area contributed by atoms with E-state index in [1.54, 1.807) is 0 Å². The summed E-state index contributed by atoms with van der Waals surface area (Å²) in [7, 11) is 0. The molecule has 2 atom stereocenters. The van der Waals surface area contributed by atoms with Gasteiger partial charge in [-0.2, -0.15) is 0 Å². The van der Waals surface area contributed by atoms with Crippen LogP contribution in [0.25, 0.3) is 0 Å². The van der Waals surface area contributed by atoms with E-state index in [9.17, 15) is 4.57 Å². The fourth-order valence-electron chi connectivity index (χ4n) is 3.71. The molecule has 2 rings (SSSR count). The highest BCUT2D eigenvalue weighted by molar-refractivity contribution is 8.55. The van der Waals surface area contributed by atoms with Crippen molar-refractivity contribution in [3.05, 3.63) is 0 Å². The van der Waals surface area contributed by atoms with Crippen molar-refractivity contribution in [3.8, 4) is 0 Å². The average molecular weight is 378 g/mol. The van der Waals surface area contributed by atoms with Gasteiger partial charge in [0.25, 0.3) is 0 Å². The van der Waals surface area contributed by atoms with Crippen LogP contribution in [0, 0.1) is 5.92 Å². The molecule has 0 aromatic carbocycles. The minimum atomic E-state index is -2.99. The Labute approximate surface area is 152 Å². The lowest BCUT2D eigenvalue weighted by molar-refractivity contribution is 0.0693. The van der Waals surface area contributed by atoms with Crippen molar-refractivity contribution in [2.24, 2.45) is 5.92 Å². The largest absolute Gasteiger partial charge is 0.389 e. The van der Waals surface area contributed by atoms with Crippen LogP contribution in [0.4, 0.5) is 0 Å². The van der Waals surface area contributed by atoms with Crippen LogP contribution >= 0.6 is 18.2 Å². The van der Waals surface area contributed by atoms with Gasteiger partial charge in [0, 0.05) is 11.8 Å². The van der Waals surface area contributed by atoms with Gasteiger partial charge in [-0.1, -0.05) is 33.1 Å². The monoisotopic (exact) mass is 377 g/mol. The Hall–Kier alpha value is 0.460. The van der Waals surface area contributed by atoms with Gasteiger partial charge in [-0.25, -0.2) is 4.57 Å². The molecule has 0 aromatic heterocycles. The van der Waals surface area contributed by atoms with E-state index in [2.05, 4.69) is 18.7 Å². The van der Waals surface area contributed by atoms with E-state index in [1.165, 1.54) is 56.6 Å². The smallest absolute Gasteiger partial charge is 0.301 e. The maximum atomic E-state index is 13.1. The van der Waals surface area contributed by atoms with Gasteiger partial charge in [-0.15, -0.1) is 0 Å². The van der Waals surface area contributed by atoms with Gasteiger partial charge in [0.2, 0.25) is 0 Å². The van der Waals surface area contributed by atoms with Gasteiger partial charge in [-0.05, 0) is 68.9 Å². The van der Waals surface area contributed by atoms with Crippen molar-refractivity contribution >= 4 is 18.2 Å². The van der Waals surface area contributed by atoms with Crippen LogP contribution in [-0.4, -0.2) is 43.0 Å². The average Bonchev–Trinajstić information content (AvgIpc) is 2.60. The molecule has 0 aliphatic carbocycles. The lowest BCUT2D eigenvalue weighted by Gasteiger charge is -2.44. The van der Waals surface area contributed by atoms with Crippen molar-refractivity contribution in [1.82, 2.24) is 4.90 Å². The van der Waals surface area contributed by atoms with Crippen LogP contribution < -0.4 is 0 Å². The summed E-state index contributed by atoms with van der Waals surface area (Å²) in [5, 5.41) is 0. The summed E-state index contributed by atoms with van der Waals surface area (Å²) < 4.78 is 24.5. The molecule has 0 spiro atoms. The van der Waals surface area contributed by atoms with E-state index in [0.29, 0.717) is 25.2 Å². The molecule has 1 unspecified atom stereocenters. The first kappa shape index (κ1) is 20.8. The fraction of sp³-hybridized carbons (Fsp3) is 1.00. The van der Waals surface area contributed by atoms with E-state index >= 15 is 0 Å². The number of hydrogen-bond donors (Lipinski definition) is 0. The molecule has 0 radical (unpaired) electrons. The third kappa shape index (κ3) is 6.64. The molecule has 142 valence electrons. The number of piperidine rings is 2. The normalized spacial score (nSPS) is 25.6. The summed E-state index contributed by atoms with van der Waals surface area (Å²) in [4.78, 5) is 2.67. The zero-order valence-electron chi connectivity index (χ0n) is 15.6. The first-order chi connectivity index (χ1) is 11.7. The van der Waals surface area contributed by atoms with Crippen molar-refractivity contribution in [3.63, 3.8) is 0 Å². The molecule has 6 heteroatoms. The maximum absolute atomic E-state index is 13.1. The Morgan fingerprint density at radius 1 is 1.00 bits per heavy atom.